The Kier molecular flexibility index (Phi) is 4.10. The van der Waals surface area contributed by atoms with E-state index in [1.165, 1.54) is 24.1 Å². The molecule has 1 atom stereocenters. The van der Waals surface area contributed by atoms with E-state index in [9.17, 15) is 14.9 Å². The number of benzene rings is 2. The maximum Gasteiger partial charge on any atom is 0.293 e. The molecule has 5 heteroatoms. The van der Waals surface area contributed by atoms with Crippen LogP contribution in [0.2, 0.25) is 0 Å². The van der Waals surface area contributed by atoms with Gasteiger partial charge in [-0.25, -0.2) is 0 Å². The zero-order chi connectivity index (χ0) is 16.4. The van der Waals surface area contributed by atoms with Crippen LogP contribution in [-0.2, 0) is 6.42 Å². The molecule has 0 aromatic heterocycles. The number of carbonyl (C=O) groups is 1. The molecule has 0 heterocycles. The Labute approximate surface area is 134 Å². The molecule has 3 rings (SSSR count). The molecule has 0 saturated heterocycles. The van der Waals surface area contributed by atoms with Crippen LogP contribution >= 0.6 is 0 Å². The van der Waals surface area contributed by atoms with E-state index < -0.39 is 4.92 Å². The van der Waals surface area contributed by atoms with Gasteiger partial charge < -0.3 is 5.32 Å². The minimum absolute atomic E-state index is 0.0549. The number of anilines is 1. The molecule has 0 bridgehead atoms. The first kappa shape index (κ1) is 15.2. The highest BCUT2D eigenvalue weighted by Gasteiger charge is 2.23. The molecule has 2 aromatic carbocycles. The van der Waals surface area contributed by atoms with E-state index in [-0.39, 0.29) is 17.5 Å². The number of Topliss-reactive ketones (excluding diaryl/α,β-unsaturated/α-hetero) is 1. The Balaban J connectivity index is 1.95. The highest BCUT2D eigenvalue weighted by atomic mass is 16.6. The van der Waals surface area contributed by atoms with Crippen LogP contribution in [0.4, 0.5) is 11.4 Å². The standard InChI is InChI=1S/C18H18N2O3/c1-12(21)14-9-10-17(18(11-14)20(22)23)19-16-8-4-6-13-5-2-3-7-15(13)16/h2-3,5,7,9-11,16,19H,4,6,8H2,1H3/t16-/m1/s1. The summed E-state index contributed by atoms with van der Waals surface area (Å²) < 4.78 is 0. The zero-order valence-electron chi connectivity index (χ0n) is 12.9. The number of carbonyl (C=O) groups excluding carboxylic acids is 1. The number of aryl methyl sites for hydroxylation is 1. The molecule has 5 nitrogen and oxygen atoms in total. The Hall–Kier alpha value is -2.69. The van der Waals surface area contributed by atoms with Crippen molar-refractivity contribution in [2.45, 2.75) is 32.2 Å². The number of nitro groups is 1. The molecule has 1 N–H and O–H groups in total. The SMILES string of the molecule is CC(=O)c1ccc(N[C@@H]2CCCc3ccccc32)c([N+](=O)[O-])c1. The van der Waals surface area contributed by atoms with E-state index in [0.29, 0.717) is 11.3 Å². The van der Waals surface area contributed by atoms with Crippen LogP contribution in [0.5, 0.6) is 0 Å². The quantitative estimate of drug-likeness (QED) is 0.519. The summed E-state index contributed by atoms with van der Waals surface area (Å²) in [7, 11) is 0. The lowest BCUT2D eigenvalue weighted by Crippen LogP contribution is -2.18. The summed E-state index contributed by atoms with van der Waals surface area (Å²) >= 11 is 0. The maximum absolute atomic E-state index is 11.4. The molecule has 0 amide bonds. The Morgan fingerprint density at radius 1 is 1.26 bits per heavy atom. The maximum atomic E-state index is 11.4. The summed E-state index contributed by atoms with van der Waals surface area (Å²) in [5.41, 5.74) is 3.25. The second kappa shape index (κ2) is 6.20. The molecule has 0 fully saturated rings. The van der Waals surface area contributed by atoms with Gasteiger partial charge >= 0.3 is 0 Å². The predicted molar refractivity (Wildman–Crippen MR) is 88.8 cm³/mol. The third-order valence-corrected chi connectivity index (χ3v) is 4.30. The average molecular weight is 310 g/mol. The number of nitro benzene ring substituents is 1. The summed E-state index contributed by atoms with van der Waals surface area (Å²) in [4.78, 5) is 22.3. The first-order valence-corrected chi connectivity index (χ1v) is 7.70. The number of rotatable bonds is 4. The van der Waals surface area contributed by atoms with Crippen molar-refractivity contribution in [2.75, 3.05) is 5.32 Å². The number of hydrogen-bond donors (Lipinski definition) is 1. The van der Waals surface area contributed by atoms with E-state index in [2.05, 4.69) is 17.4 Å². The van der Waals surface area contributed by atoms with Gasteiger partial charge in [0.05, 0.1) is 11.0 Å². The van der Waals surface area contributed by atoms with Crippen LogP contribution in [-0.4, -0.2) is 10.7 Å². The van der Waals surface area contributed by atoms with Crippen molar-refractivity contribution in [3.63, 3.8) is 0 Å². The molecule has 0 radical (unpaired) electrons. The first-order valence-electron chi connectivity index (χ1n) is 7.70. The van der Waals surface area contributed by atoms with Gasteiger partial charge in [-0.15, -0.1) is 0 Å². The first-order chi connectivity index (χ1) is 11.1. The minimum Gasteiger partial charge on any atom is -0.373 e. The Bertz CT molecular complexity index is 771. The van der Waals surface area contributed by atoms with Crippen LogP contribution in [0.3, 0.4) is 0 Å². The number of ketones is 1. The normalized spacial score (nSPS) is 16.5. The van der Waals surface area contributed by atoms with Gasteiger partial charge in [-0.1, -0.05) is 24.3 Å². The number of nitrogens with one attached hydrogen (secondary N) is 1. The summed E-state index contributed by atoms with van der Waals surface area (Å²) in [6.07, 6.45) is 3.02. The highest BCUT2D eigenvalue weighted by molar-refractivity contribution is 5.95. The molecular weight excluding hydrogens is 292 g/mol. The molecule has 0 unspecified atom stereocenters. The average Bonchev–Trinajstić information content (AvgIpc) is 2.55. The van der Waals surface area contributed by atoms with Gasteiger partial charge in [-0.2, -0.15) is 0 Å². The summed E-state index contributed by atoms with van der Waals surface area (Å²) in [5, 5.41) is 14.6. The second-order valence-electron chi connectivity index (χ2n) is 5.83. The van der Waals surface area contributed by atoms with Crippen LogP contribution in [0, 0.1) is 10.1 Å². The fourth-order valence-corrected chi connectivity index (χ4v) is 3.12. The monoisotopic (exact) mass is 310 g/mol. The van der Waals surface area contributed by atoms with Crippen molar-refractivity contribution >= 4 is 17.2 Å². The molecule has 23 heavy (non-hydrogen) atoms. The van der Waals surface area contributed by atoms with Crippen molar-refractivity contribution in [3.8, 4) is 0 Å². The minimum atomic E-state index is -0.441. The van der Waals surface area contributed by atoms with E-state index in [1.54, 1.807) is 12.1 Å². The molecule has 0 aliphatic heterocycles. The van der Waals surface area contributed by atoms with Crippen LogP contribution < -0.4 is 5.32 Å². The van der Waals surface area contributed by atoms with Crippen LogP contribution in [0.1, 0.15) is 47.3 Å². The largest absolute Gasteiger partial charge is 0.373 e. The fraction of sp³-hybridized carbons (Fsp3) is 0.278. The number of nitrogens with zero attached hydrogens (tertiary/aromatic N) is 1. The third-order valence-electron chi connectivity index (χ3n) is 4.30. The van der Waals surface area contributed by atoms with Crippen molar-refractivity contribution in [1.29, 1.82) is 0 Å². The predicted octanol–water partition coefficient (Wildman–Crippen LogP) is 4.29. The van der Waals surface area contributed by atoms with Gasteiger partial charge in [0.15, 0.2) is 5.78 Å². The summed E-state index contributed by atoms with van der Waals surface area (Å²) in [5.74, 6) is -0.178. The highest BCUT2D eigenvalue weighted by Crippen LogP contribution is 2.35. The second-order valence-corrected chi connectivity index (χ2v) is 5.83. The van der Waals surface area contributed by atoms with Gasteiger partial charge in [0.25, 0.3) is 5.69 Å². The van der Waals surface area contributed by atoms with E-state index in [0.717, 1.165) is 19.3 Å². The Morgan fingerprint density at radius 2 is 2.04 bits per heavy atom. The van der Waals surface area contributed by atoms with Crippen LogP contribution in [0.15, 0.2) is 42.5 Å². The molecule has 0 saturated carbocycles. The van der Waals surface area contributed by atoms with Gasteiger partial charge in [0.1, 0.15) is 5.69 Å². The molecular formula is C18H18N2O3. The van der Waals surface area contributed by atoms with Crippen LogP contribution in [0.25, 0.3) is 0 Å². The third kappa shape index (κ3) is 3.08. The lowest BCUT2D eigenvalue weighted by atomic mass is 9.87. The van der Waals surface area contributed by atoms with Gasteiger partial charge in [0.2, 0.25) is 0 Å². The molecule has 0 spiro atoms. The van der Waals surface area contributed by atoms with Crippen molar-refractivity contribution in [1.82, 2.24) is 0 Å². The lowest BCUT2D eigenvalue weighted by molar-refractivity contribution is -0.384. The topological polar surface area (TPSA) is 72.2 Å². The van der Waals surface area contributed by atoms with Gasteiger partial charge in [-0.3, -0.25) is 14.9 Å². The van der Waals surface area contributed by atoms with Gasteiger partial charge in [0, 0.05) is 11.6 Å². The van der Waals surface area contributed by atoms with Crippen molar-refractivity contribution in [2.24, 2.45) is 0 Å². The smallest absolute Gasteiger partial charge is 0.293 e. The van der Waals surface area contributed by atoms with Crippen molar-refractivity contribution in [3.05, 3.63) is 69.3 Å². The van der Waals surface area contributed by atoms with E-state index in [4.69, 9.17) is 0 Å². The molecule has 1 aliphatic rings. The Morgan fingerprint density at radius 3 is 2.78 bits per heavy atom. The van der Waals surface area contributed by atoms with Gasteiger partial charge in [-0.05, 0) is 49.4 Å². The number of fused-ring (bicyclic) bond motifs is 1. The zero-order valence-corrected chi connectivity index (χ0v) is 12.9. The molecule has 2 aromatic rings. The summed E-state index contributed by atoms with van der Waals surface area (Å²) in [6.45, 7) is 1.41. The fourth-order valence-electron chi connectivity index (χ4n) is 3.12. The molecule has 1 aliphatic carbocycles. The number of hydrogen-bond acceptors (Lipinski definition) is 4. The lowest BCUT2D eigenvalue weighted by Gasteiger charge is -2.27. The summed E-state index contributed by atoms with van der Waals surface area (Å²) in [6, 6.07) is 12.9. The van der Waals surface area contributed by atoms with E-state index in [1.807, 2.05) is 12.1 Å². The molecule has 118 valence electrons. The van der Waals surface area contributed by atoms with Crippen molar-refractivity contribution < 1.29 is 9.72 Å². The van der Waals surface area contributed by atoms with E-state index >= 15 is 0 Å².